The Balaban J connectivity index is 2.57. The van der Waals surface area contributed by atoms with Gasteiger partial charge < -0.3 is 9.84 Å². The van der Waals surface area contributed by atoms with Gasteiger partial charge in [-0.2, -0.15) is 13.2 Å². The summed E-state index contributed by atoms with van der Waals surface area (Å²) in [6.45, 7) is -1.48. The van der Waals surface area contributed by atoms with Crippen LogP contribution in [0.25, 0.3) is 6.08 Å². The maximum atomic E-state index is 11.8. The van der Waals surface area contributed by atoms with Crippen molar-refractivity contribution in [1.29, 1.82) is 0 Å². The van der Waals surface area contributed by atoms with Gasteiger partial charge in [0, 0.05) is 6.08 Å². The van der Waals surface area contributed by atoms with Crippen molar-refractivity contribution in [3.63, 3.8) is 0 Å². The SMILES string of the molecule is O=C(O)C=Cc1cccc(COCC(F)(F)F)c1. The number of halogens is 3. The second kappa shape index (κ2) is 6.20. The first kappa shape index (κ1) is 14.2. The van der Waals surface area contributed by atoms with Crippen molar-refractivity contribution in [3.8, 4) is 0 Å². The fourth-order valence-electron chi connectivity index (χ4n) is 1.24. The fraction of sp³-hybridized carbons (Fsp3) is 0.250. The monoisotopic (exact) mass is 260 g/mol. The zero-order valence-electron chi connectivity index (χ0n) is 9.28. The number of alkyl halides is 3. The fourth-order valence-corrected chi connectivity index (χ4v) is 1.24. The highest BCUT2D eigenvalue weighted by Crippen LogP contribution is 2.16. The van der Waals surface area contributed by atoms with Gasteiger partial charge in [0.05, 0.1) is 6.61 Å². The summed E-state index contributed by atoms with van der Waals surface area (Å²) in [6, 6.07) is 6.44. The van der Waals surface area contributed by atoms with Crippen molar-refractivity contribution >= 4 is 12.0 Å². The minimum Gasteiger partial charge on any atom is -0.478 e. The number of carboxylic acids is 1. The molecule has 0 fully saturated rings. The zero-order valence-corrected chi connectivity index (χ0v) is 9.28. The van der Waals surface area contributed by atoms with E-state index >= 15 is 0 Å². The zero-order chi connectivity index (χ0) is 13.6. The van der Waals surface area contributed by atoms with Crippen molar-refractivity contribution in [2.75, 3.05) is 6.61 Å². The molecule has 98 valence electrons. The van der Waals surface area contributed by atoms with Gasteiger partial charge in [-0.25, -0.2) is 4.79 Å². The largest absolute Gasteiger partial charge is 0.478 e. The summed E-state index contributed by atoms with van der Waals surface area (Å²) in [7, 11) is 0. The Hall–Kier alpha value is -1.82. The molecule has 0 unspecified atom stereocenters. The van der Waals surface area contributed by atoms with Crippen LogP contribution in [0.3, 0.4) is 0 Å². The lowest BCUT2D eigenvalue weighted by molar-refractivity contribution is -0.176. The molecule has 0 saturated heterocycles. The lowest BCUT2D eigenvalue weighted by Gasteiger charge is -2.07. The van der Waals surface area contributed by atoms with Crippen LogP contribution in [0, 0.1) is 0 Å². The Morgan fingerprint density at radius 1 is 1.39 bits per heavy atom. The van der Waals surface area contributed by atoms with Gasteiger partial charge in [0.15, 0.2) is 0 Å². The third kappa shape index (κ3) is 6.05. The van der Waals surface area contributed by atoms with Crippen LogP contribution in [-0.2, 0) is 16.1 Å². The predicted molar refractivity (Wildman–Crippen MR) is 58.8 cm³/mol. The first-order chi connectivity index (χ1) is 8.37. The molecule has 0 heterocycles. The van der Waals surface area contributed by atoms with E-state index in [4.69, 9.17) is 5.11 Å². The number of benzene rings is 1. The van der Waals surface area contributed by atoms with E-state index in [9.17, 15) is 18.0 Å². The molecule has 18 heavy (non-hydrogen) atoms. The number of ether oxygens (including phenoxy) is 1. The summed E-state index contributed by atoms with van der Waals surface area (Å²) >= 11 is 0. The first-order valence-corrected chi connectivity index (χ1v) is 5.01. The smallest absolute Gasteiger partial charge is 0.411 e. The Bertz CT molecular complexity index is 438. The number of rotatable bonds is 5. The van der Waals surface area contributed by atoms with Crippen LogP contribution >= 0.6 is 0 Å². The van der Waals surface area contributed by atoms with Crippen LogP contribution in [0.4, 0.5) is 13.2 Å². The highest BCUT2D eigenvalue weighted by molar-refractivity contribution is 5.85. The van der Waals surface area contributed by atoms with Gasteiger partial charge in [-0.1, -0.05) is 18.2 Å². The molecule has 0 amide bonds. The minimum absolute atomic E-state index is 0.172. The molecule has 0 bridgehead atoms. The number of aliphatic carboxylic acids is 1. The van der Waals surface area contributed by atoms with Gasteiger partial charge in [-0.05, 0) is 23.3 Å². The van der Waals surface area contributed by atoms with E-state index in [1.165, 1.54) is 6.08 Å². The summed E-state index contributed by atoms with van der Waals surface area (Å²) in [5, 5.41) is 8.44. The highest BCUT2D eigenvalue weighted by Gasteiger charge is 2.27. The van der Waals surface area contributed by atoms with E-state index in [1.807, 2.05) is 0 Å². The van der Waals surface area contributed by atoms with Crippen LogP contribution in [0.2, 0.25) is 0 Å². The highest BCUT2D eigenvalue weighted by atomic mass is 19.4. The van der Waals surface area contributed by atoms with Crippen molar-refractivity contribution in [2.45, 2.75) is 12.8 Å². The molecular weight excluding hydrogens is 249 g/mol. The van der Waals surface area contributed by atoms with E-state index in [2.05, 4.69) is 4.74 Å². The summed E-state index contributed by atoms with van der Waals surface area (Å²) in [6.07, 6.45) is -2.04. The molecule has 6 heteroatoms. The molecule has 0 atom stereocenters. The lowest BCUT2D eigenvalue weighted by Crippen LogP contribution is -2.16. The average Bonchev–Trinajstić information content (AvgIpc) is 2.25. The van der Waals surface area contributed by atoms with E-state index in [0.717, 1.165) is 6.08 Å². The first-order valence-electron chi connectivity index (χ1n) is 5.01. The molecule has 0 aliphatic carbocycles. The van der Waals surface area contributed by atoms with Gasteiger partial charge in [-0.3, -0.25) is 0 Å². The molecule has 0 radical (unpaired) electrons. The van der Waals surface area contributed by atoms with Crippen molar-refractivity contribution in [1.82, 2.24) is 0 Å². The Kier molecular flexibility index (Phi) is 4.91. The minimum atomic E-state index is -4.35. The Labute approximate surface area is 101 Å². The molecule has 1 aromatic rings. The van der Waals surface area contributed by atoms with Crippen molar-refractivity contribution in [2.24, 2.45) is 0 Å². The van der Waals surface area contributed by atoms with Crippen LogP contribution in [-0.4, -0.2) is 23.9 Å². The number of carbonyl (C=O) groups is 1. The third-order valence-electron chi connectivity index (χ3n) is 1.90. The maximum Gasteiger partial charge on any atom is 0.411 e. The third-order valence-corrected chi connectivity index (χ3v) is 1.90. The van der Waals surface area contributed by atoms with E-state index in [0.29, 0.717) is 11.1 Å². The normalized spacial score (nSPS) is 11.9. The van der Waals surface area contributed by atoms with E-state index < -0.39 is 18.8 Å². The van der Waals surface area contributed by atoms with Crippen LogP contribution in [0.1, 0.15) is 11.1 Å². The van der Waals surface area contributed by atoms with E-state index in [-0.39, 0.29) is 6.61 Å². The summed E-state index contributed by atoms with van der Waals surface area (Å²) in [5.74, 6) is -1.09. The van der Waals surface area contributed by atoms with Gasteiger partial charge in [0.25, 0.3) is 0 Å². The second-order valence-electron chi connectivity index (χ2n) is 3.52. The summed E-state index contributed by atoms with van der Waals surface area (Å²) < 4.78 is 40.0. The molecule has 1 aromatic carbocycles. The maximum absolute atomic E-state index is 11.8. The molecule has 1 N–H and O–H groups in total. The van der Waals surface area contributed by atoms with Gasteiger partial charge in [-0.15, -0.1) is 0 Å². The van der Waals surface area contributed by atoms with Crippen LogP contribution in [0.5, 0.6) is 0 Å². The number of hydrogen-bond acceptors (Lipinski definition) is 2. The van der Waals surface area contributed by atoms with Crippen LogP contribution in [0.15, 0.2) is 30.3 Å². The molecule has 3 nitrogen and oxygen atoms in total. The summed E-state index contributed by atoms with van der Waals surface area (Å²) in [5.41, 5.74) is 1.14. The average molecular weight is 260 g/mol. The standard InChI is InChI=1S/C12H11F3O3/c13-12(14,15)8-18-7-10-3-1-2-9(6-10)4-5-11(16)17/h1-6H,7-8H2,(H,16,17). The van der Waals surface area contributed by atoms with Gasteiger partial charge in [0.2, 0.25) is 0 Å². The molecular formula is C12H11F3O3. The van der Waals surface area contributed by atoms with Gasteiger partial charge >= 0.3 is 12.1 Å². The van der Waals surface area contributed by atoms with Crippen LogP contribution < -0.4 is 0 Å². The quantitative estimate of drug-likeness (QED) is 0.828. The molecule has 0 aromatic heterocycles. The van der Waals surface area contributed by atoms with Crippen molar-refractivity contribution in [3.05, 3.63) is 41.5 Å². The topological polar surface area (TPSA) is 46.5 Å². The number of carboxylic acid groups (broad SMARTS) is 1. The molecule has 0 aliphatic rings. The van der Waals surface area contributed by atoms with Crippen molar-refractivity contribution < 1.29 is 27.8 Å². The molecule has 0 aliphatic heterocycles. The Morgan fingerprint density at radius 2 is 2.11 bits per heavy atom. The second-order valence-corrected chi connectivity index (χ2v) is 3.52. The Morgan fingerprint density at radius 3 is 2.72 bits per heavy atom. The van der Waals surface area contributed by atoms with Gasteiger partial charge in [0.1, 0.15) is 6.61 Å². The molecule has 1 rings (SSSR count). The van der Waals surface area contributed by atoms with E-state index in [1.54, 1.807) is 24.3 Å². The number of hydrogen-bond donors (Lipinski definition) is 1. The lowest BCUT2D eigenvalue weighted by atomic mass is 10.1. The predicted octanol–water partition coefficient (Wildman–Crippen LogP) is 2.86. The molecule has 0 saturated carbocycles. The summed E-state index contributed by atoms with van der Waals surface area (Å²) in [4.78, 5) is 10.3. The molecule has 0 spiro atoms.